The van der Waals surface area contributed by atoms with Gasteiger partial charge in [0.15, 0.2) is 0 Å². The molecule has 1 fully saturated rings. The van der Waals surface area contributed by atoms with Gasteiger partial charge in [-0.2, -0.15) is 0 Å². The van der Waals surface area contributed by atoms with Crippen molar-refractivity contribution < 1.29 is 4.39 Å². The number of benzene rings is 1. The Kier molecular flexibility index (Phi) is 2.98. The van der Waals surface area contributed by atoms with Crippen LogP contribution in [-0.4, -0.2) is 6.54 Å². The lowest BCUT2D eigenvalue weighted by Gasteiger charge is -2.42. The van der Waals surface area contributed by atoms with Crippen molar-refractivity contribution in [2.24, 2.45) is 5.73 Å². The zero-order valence-corrected chi connectivity index (χ0v) is 9.36. The fourth-order valence-corrected chi connectivity index (χ4v) is 2.66. The molecule has 2 rings (SSSR count). The minimum Gasteiger partial charge on any atom is -0.330 e. The van der Waals surface area contributed by atoms with Gasteiger partial charge in [0, 0.05) is 17.0 Å². The van der Waals surface area contributed by atoms with E-state index in [2.05, 4.69) is 0 Å². The van der Waals surface area contributed by atoms with Gasteiger partial charge in [-0.15, -0.1) is 0 Å². The van der Waals surface area contributed by atoms with Crippen LogP contribution in [0.1, 0.15) is 30.4 Å². The molecule has 15 heavy (non-hydrogen) atoms. The SMILES string of the molecule is NCC1(c2ccc(CF)cc2Cl)CCC1. The van der Waals surface area contributed by atoms with Crippen LogP contribution in [0.15, 0.2) is 18.2 Å². The van der Waals surface area contributed by atoms with Crippen LogP contribution in [0.3, 0.4) is 0 Å². The van der Waals surface area contributed by atoms with Crippen molar-refractivity contribution in [3.8, 4) is 0 Å². The second kappa shape index (κ2) is 4.11. The Labute approximate surface area is 94.4 Å². The van der Waals surface area contributed by atoms with Crippen molar-refractivity contribution in [3.63, 3.8) is 0 Å². The molecule has 1 saturated carbocycles. The smallest absolute Gasteiger partial charge is 0.115 e. The zero-order chi connectivity index (χ0) is 10.9. The third kappa shape index (κ3) is 1.77. The summed E-state index contributed by atoms with van der Waals surface area (Å²) in [6.45, 7) is 0.164. The minimum absolute atomic E-state index is 0.0614. The predicted molar refractivity (Wildman–Crippen MR) is 60.8 cm³/mol. The molecule has 0 heterocycles. The molecule has 0 spiro atoms. The van der Waals surface area contributed by atoms with Gasteiger partial charge in [0.25, 0.3) is 0 Å². The van der Waals surface area contributed by atoms with E-state index in [1.54, 1.807) is 12.1 Å². The Morgan fingerprint density at radius 3 is 2.53 bits per heavy atom. The van der Waals surface area contributed by atoms with Crippen LogP contribution < -0.4 is 5.73 Å². The highest BCUT2D eigenvalue weighted by Gasteiger charge is 2.38. The molecule has 0 aromatic heterocycles. The minimum atomic E-state index is -0.463. The van der Waals surface area contributed by atoms with Crippen molar-refractivity contribution in [1.82, 2.24) is 0 Å². The molecule has 1 aliphatic rings. The molecule has 2 N–H and O–H groups in total. The number of nitrogens with two attached hydrogens (primary N) is 1. The number of hydrogen-bond donors (Lipinski definition) is 1. The summed E-state index contributed by atoms with van der Waals surface area (Å²) in [5.74, 6) is 0. The molecular weight excluding hydrogens is 213 g/mol. The highest BCUT2D eigenvalue weighted by Crippen LogP contribution is 2.45. The first-order valence-electron chi connectivity index (χ1n) is 5.27. The van der Waals surface area contributed by atoms with Crippen molar-refractivity contribution in [2.45, 2.75) is 31.4 Å². The summed E-state index contributed by atoms with van der Waals surface area (Å²) in [6, 6.07) is 5.45. The Morgan fingerprint density at radius 2 is 2.13 bits per heavy atom. The van der Waals surface area contributed by atoms with Gasteiger partial charge in [-0.05, 0) is 30.0 Å². The summed E-state index contributed by atoms with van der Waals surface area (Å²) in [4.78, 5) is 0. The normalized spacial score (nSPS) is 18.6. The van der Waals surface area contributed by atoms with E-state index in [1.807, 2.05) is 6.07 Å². The maximum absolute atomic E-state index is 12.4. The van der Waals surface area contributed by atoms with E-state index >= 15 is 0 Å². The molecule has 1 aromatic carbocycles. The summed E-state index contributed by atoms with van der Waals surface area (Å²) in [7, 11) is 0. The lowest BCUT2D eigenvalue weighted by molar-refractivity contribution is 0.253. The van der Waals surface area contributed by atoms with Crippen LogP contribution in [0.2, 0.25) is 5.02 Å². The molecule has 3 heteroatoms. The molecule has 82 valence electrons. The topological polar surface area (TPSA) is 26.0 Å². The van der Waals surface area contributed by atoms with Gasteiger partial charge in [-0.3, -0.25) is 0 Å². The average molecular weight is 228 g/mol. The first kappa shape index (κ1) is 10.9. The van der Waals surface area contributed by atoms with Gasteiger partial charge in [0.05, 0.1) is 0 Å². The number of hydrogen-bond acceptors (Lipinski definition) is 1. The molecule has 0 aliphatic heterocycles. The van der Waals surface area contributed by atoms with Gasteiger partial charge >= 0.3 is 0 Å². The lowest BCUT2D eigenvalue weighted by Crippen LogP contribution is -2.41. The van der Waals surface area contributed by atoms with E-state index < -0.39 is 6.67 Å². The van der Waals surface area contributed by atoms with Crippen LogP contribution in [-0.2, 0) is 12.1 Å². The van der Waals surface area contributed by atoms with Crippen LogP contribution in [0, 0.1) is 0 Å². The summed E-state index contributed by atoms with van der Waals surface area (Å²) in [6.07, 6.45) is 3.40. The van der Waals surface area contributed by atoms with E-state index in [0.717, 1.165) is 18.4 Å². The summed E-state index contributed by atoms with van der Waals surface area (Å²) >= 11 is 6.16. The molecule has 0 saturated heterocycles. The van der Waals surface area contributed by atoms with Crippen LogP contribution >= 0.6 is 11.6 Å². The van der Waals surface area contributed by atoms with Gasteiger partial charge in [0.2, 0.25) is 0 Å². The van der Waals surface area contributed by atoms with Gasteiger partial charge < -0.3 is 5.73 Å². The van der Waals surface area contributed by atoms with Crippen molar-refractivity contribution in [2.75, 3.05) is 6.54 Å². The molecule has 1 aliphatic carbocycles. The maximum atomic E-state index is 12.4. The first-order valence-corrected chi connectivity index (χ1v) is 5.64. The number of alkyl halides is 1. The largest absolute Gasteiger partial charge is 0.330 e. The second-order valence-corrected chi connectivity index (χ2v) is 4.69. The Balaban J connectivity index is 2.36. The Morgan fingerprint density at radius 1 is 1.40 bits per heavy atom. The quantitative estimate of drug-likeness (QED) is 0.843. The molecule has 0 atom stereocenters. The van der Waals surface area contributed by atoms with E-state index in [4.69, 9.17) is 17.3 Å². The monoisotopic (exact) mass is 227 g/mol. The molecule has 0 radical (unpaired) electrons. The lowest BCUT2D eigenvalue weighted by atomic mass is 9.64. The zero-order valence-electron chi connectivity index (χ0n) is 8.60. The van der Waals surface area contributed by atoms with Crippen molar-refractivity contribution in [1.29, 1.82) is 0 Å². The summed E-state index contributed by atoms with van der Waals surface area (Å²) in [5, 5.41) is 0.662. The second-order valence-electron chi connectivity index (χ2n) is 4.29. The van der Waals surface area contributed by atoms with Crippen molar-refractivity contribution >= 4 is 11.6 Å². The Bertz CT molecular complexity index is 355. The molecule has 1 aromatic rings. The molecule has 0 bridgehead atoms. The van der Waals surface area contributed by atoms with Crippen LogP contribution in [0.25, 0.3) is 0 Å². The highest BCUT2D eigenvalue weighted by atomic mass is 35.5. The predicted octanol–water partition coefficient (Wildman–Crippen LogP) is 3.19. The van der Waals surface area contributed by atoms with E-state index in [-0.39, 0.29) is 5.41 Å². The molecule has 0 unspecified atom stereocenters. The van der Waals surface area contributed by atoms with E-state index in [0.29, 0.717) is 17.1 Å². The first-order chi connectivity index (χ1) is 7.22. The Hall–Kier alpha value is -0.600. The molecular formula is C12H15ClFN. The fourth-order valence-electron chi connectivity index (χ4n) is 2.26. The van der Waals surface area contributed by atoms with Crippen LogP contribution in [0.4, 0.5) is 4.39 Å². The molecule has 1 nitrogen and oxygen atoms in total. The van der Waals surface area contributed by atoms with Crippen LogP contribution in [0.5, 0.6) is 0 Å². The van der Waals surface area contributed by atoms with Crippen molar-refractivity contribution in [3.05, 3.63) is 34.3 Å². The third-order valence-corrected chi connectivity index (χ3v) is 3.77. The van der Waals surface area contributed by atoms with Gasteiger partial charge in [-0.1, -0.05) is 30.2 Å². The van der Waals surface area contributed by atoms with Gasteiger partial charge in [-0.25, -0.2) is 4.39 Å². The number of halogens is 2. The standard InChI is InChI=1S/C12H15ClFN/c13-11-6-9(7-14)2-3-10(11)12(8-15)4-1-5-12/h2-3,6H,1,4-5,7-8,15H2. The fraction of sp³-hybridized carbons (Fsp3) is 0.500. The van der Waals surface area contributed by atoms with E-state index in [1.165, 1.54) is 6.42 Å². The number of rotatable bonds is 3. The highest BCUT2D eigenvalue weighted by molar-refractivity contribution is 6.31. The summed E-state index contributed by atoms with van der Waals surface area (Å²) in [5.41, 5.74) is 7.60. The molecule has 0 amide bonds. The average Bonchev–Trinajstić information content (AvgIpc) is 2.19. The van der Waals surface area contributed by atoms with E-state index in [9.17, 15) is 4.39 Å². The summed E-state index contributed by atoms with van der Waals surface area (Å²) < 4.78 is 12.4. The maximum Gasteiger partial charge on any atom is 0.115 e. The third-order valence-electron chi connectivity index (χ3n) is 3.46. The van der Waals surface area contributed by atoms with Gasteiger partial charge in [0.1, 0.15) is 6.67 Å².